The summed E-state index contributed by atoms with van der Waals surface area (Å²) in [5, 5.41) is 3.38. The highest BCUT2D eigenvalue weighted by molar-refractivity contribution is 4.98. The Labute approximate surface area is 110 Å². The molecule has 1 aliphatic carbocycles. The zero-order chi connectivity index (χ0) is 12.8. The Hall–Kier alpha value is -0.870. The summed E-state index contributed by atoms with van der Waals surface area (Å²) < 4.78 is 7.33. The van der Waals surface area contributed by atoms with Gasteiger partial charge in [0.1, 0.15) is 0 Å². The van der Waals surface area contributed by atoms with Gasteiger partial charge in [-0.2, -0.15) is 0 Å². The smallest absolute Gasteiger partial charge is 0.0948 e. The van der Waals surface area contributed by atoms with Crippen LogP contribution in [0.15, 0.2) is 12.5 Å². The van der Waals surface area contributed by atoms with Crippen LogP contribution in [0.1, 0.15) is 31.9 Å². The highest BCUT2D eigenvalue weighted by Crippen LogP contribution is 2.31. The largest absolute Gasteiger partial charge is 0.383 e. The van der Waals surface area contributed by atoms with E-state index in [-0.39, 0.29) is 0 Å². The molecule has 0 bridgehead atoms. The molecule has 1 fully saturated rings. The van der Waals surface area contributed by atoms with Crippen LogP contribution in [-0.2, 0) is 17.8 Å². The van der Waals surface area contributed by atoms with Gasteiger partial charge in [0.25, 0.3) is 0 Å². The number of hydrogen-bond donors (Lipinski definition) is 1. The third kappa shape index (κ3) is 3.82. The van der Waals surface area contributed by atoms with Crippen molar-refractivity contribution in [3.63, 3.8) is 0 Å². The molecule has 2 atom stereocenters. The van der Waals surface area contributed by atoms with Gasteiger partial charge in [-0.1, -0.05) is 13.3 Å². The summed E-state index contributed by atoms with van der Waals surface area (Å²) >= 11 is 0. The molecule has 0 aromatic carbocycles. The van der Waals surface area contributed by atoms with Gasteiger partial charge < -0.3 is 14.6 Å². The van der Waals surface area contributed by atoms with E-state index in [9.17, 15) is 0 Å². The van der Waals surface area contributed by atoms with Gasteiger partial charge in [-0.25, -0.2) is 4.98 Å². The number of aromatic nitrogens is 2. The van der Waals surface area contributed by atoms with Crippen molar-refractivity contribution in [2.45, 2.75) is 39.3 Å². The minimum atomic E-state index is 0.758. The van der Waals surface area contributed by atoms with Crippen molar-refractivity contribution in [2.75, 3.05) is 20.3 Å². The predicted molar refractivity (Wildman–Crippen MR) is 72.3 cm³/mol. The number of nitrogens with one attached hydrogen (secondary N) is 1. The molecule has 2 unspecified atom stereocenters. The lowest BCUT2D eigenvalue weighted by Gasteiger charge is -2.14. The summed E-state index contributed by atoms with van der Waals surface area (Å²) in [6.45, 7) is 6.02. The van der Waals surface area contributed by atoms with Gasteiger partial charge in [-0.15, -0.1) is 0 Å². The van der Waals surface area contributed by atoms with Crippen LogP contribution in [0, 0.1) is 11.8 Å². The molecule has 0 aliphatic heterocycles. The van der Waals surface area contributed by atoms with Gasteiger partial charge in [0.05, 0.1) is 18.6 Å². The Morgan fingerprint density at radius 3 is 3.11 bits per heavy atom. The van der Waals surface area contributed by atoms with Crippen LogP contribution in [-0.4, -0.2) is 29.8 Å². The number of rotatable bonds is 7. The van der Waals surface area contributed by atoms with Gasteiger partial charge in [-0.3, -0.25) is 0 Å². The third-order valence-electron chi connectivity index (χ3n) is 3.85. The Morgan fingerprint density at radius 2 is 2.39 bits per heavy atom. The van der Waals surface area contributed by atoms with Crippen LogP contribution in [0.5, 0.6) is 0 Å². The Balaban J connectivity index is 1.79. The SMILES string of the molecule is COCCNCc1cncn1CC1CCC(C)C1. The maximum Gasteiger partial charge on any atom is 0.0948 e. The van der Waals surface area contributed by atoms with Crippen LogP contribution in [0.3, 0.4) is 0 Å². The summed E-state index contributed by atoms with van der Waals surface area (Å²) in [6, 6.07) is 0. The molecule has 1 heterocycles. The summed E-state index contributed by atoms with van der Waals surface area (Å²) in [7, 11) is 1.73. The van der Waals surface area contributed by atoms with E-state index in [1.165, 1.54) is 25.0 Å². The lowest BCUT2D eigenvalue weighted by atomic mass is 10.1. The van der Waals surface area contributed by atoms with Gasteiger partial charge in [0, 0.05) is 32.9 Å². The minimum absolute atomic E-state index is 0.758. The molecule has 1 N–H and O–H groups in total. The Kier molecular flexibility index (Phi) is 5.20. The molecule has 1 aliphatic rings. The van der Waals surface area contributed by atoms with E-state index in [2.05, 4.69) is 21.8 Å². The summed E-state index contributed by atoms with van der Waals surface area (Å²) in [5.41, 5.74) is 1.28. The van der Waals surface area contributed by atoms with E-state index >= 15 is 0 Å². The highest BCUT2D eigenvalue weighted by Gasteiger charge is 2.21. The van der Waals surface area contributed by atoms with E-state index in [4.69, 9.17) is 4.74 Å². The first-order chi connectivity index (χ1) is 8.79. The fourth-order valence-corrected chi connectivity index (χ4v) is 2.82. The number of hydrogen-bond acceptors (Lipinski definition) is 3. The van der Waals surface area contributed by atoms with Crippen molar-refractivity contribution >= 4 is 0 Å². The number of imidazole rings is 1. The molecule has 4 nitrogen and oxygen atoms in total. The average molecular weight is 251 g/mol. The minimum Gasteiger partial charge on any atom is -0.383 e. The number of methoxy groups -OCH3 is 1. The van der Waals surface area contributed by atoms with Gasteiger partial charge in [0.2, 0.25) is 0 Å². The molecule has 0 radical (unpaired) electrons. The van der Waals surface area contributed by atoms with Crippen molar-refractivity contribution in [1.82, 2.24) is 14.9 Å². The molecule has 1 aromatic rings. The molecule has 4 heteroatoms. The predicted octanol–water partition coefficient (Wildman–Crippen LogP) is 2.06. The fraction of sp³-hybridized carbons (Fsp3) is 0.786. The quantitative estimate of drug-likeness (QED) is 0.754. The van der Waals surface area contributed by atoms with Crippen LogP contribution >= 0.6 is 0 Å². The highest BCUT2D eigenvalue weighted by atomic mass is 16.5. The van der Waals surface area contributed by atoms with Crippen molar-refractivity contribution in [3.8, 4) is 0 Å². The van der Waals surface area contributed by atoms with Crippen molar-refractivity contribution in [3.05, 3.63) is 18.2 Å². The van der Waals surface area contributed by atoms with Crippen molar-refractivity contribution < 1.29 is 4.74 Å². The molecule has 0 saturated heterocycles. The second-order valence-electron chi connectivity index (χ2n) is 5.49. The summed E-state index contributed by atoms with van der Waals surface area (Å²) in [4.78, 5) is 4.27. The van der Waals surface area contributed by atoms with Gasteiger partial charge in [0.15, 0.2) is 0 Å². The van der Waals surface area contributed by atoms with E-state index in [1.54, 1.807) is 7.11 Å². The van der Waals surface area contributed by atoms with E-state index in [0.717, 1.165) is 38.1 Å². The Morgan fingerprint density at radius 1 is 1.50 bits per heavy atom. The van der Waals surface area contributed by atoms with E-state index < -0.39 is 0 Å². The molecule has 0 amide bonds. The lowest BCUT2D eigenvalue weighted by molar-refractivity contribution is 0.199. The van der Waals surface area contributed by atoms with E-state index in [0.29, 0.717) is 0 Å². The summed E-state index contributed by atoms with van der Waals surface area (Å²) in [6.07, 6.45) is 8.07. The lowest BCUT2D eigenvalue weighted by Crippen LogP contribution is -2.21. The summed E-state index contributed by atoms with van der Waals surface area (Å²) in [5.74, 6) is 1.74. The van der Waals surface area contributed by atoms with Crippen molar-refractivity contribution in [1.29, 1.82) is 0 Å². The van der Waals surface area contributed by atoms with Crippen LogP contribution in [0.2, 0.25) is 0 Å². The van der Waals surface area contributed by atoms with Crippen LogP contribution in [0.4, 0.5) is 0 Å². The fourth-order valence-electron chi connectivity index (χ4n) is 2.82. The molecule has 1 saturated carbocycles. The molecular weight excluding hydrogens is 226 g/mol. The van der Waals surface area contributed by atoms with Crippen LogP contribution < -0.4 is 5.32 Å². The second-order valence-corrected chi connectivity index (χ2v) is 5.49. The third-order valence-corrected chi connectivity index (χ3v) is 3.85. The van der Waals surface area contributed by atoms with Gasteiger partial charge >= 0.3 is 0 Å². The topological polar surface area (TPSA) is 39.1 Å². The first kappa shape index (κ1) is 13.6. The van der Waals surface area contributed by atoms with E-state index in [1.807, 2.05) is 12.5 Å². The standard InChI is InChI=1S/C14H25N3O/c1-12-3-4-13(7-12)10-17-11-16-9-14(17)8-15-5-6-18-2/h9,11-13,15H,3-8,10H2,1-2H3. The first-order valence-electron chi connectivity index (χ1n) is 6.98. The van der Waals surface area contributed by atoms with Gasteiger partial charge in [-0.05, 0) is 24.7 Å². The normalized spacial score (nSPS) is 23.7. The maximum atomic E-state index is 5.03. The van der Waals surface area contributed by atoms with Crippen molar-refractivity contribution in [2.24, 2.45) is 11.8 Å². The molecule has 18 heavy (non-hydrogen) atoms. The molecular formula is C14H25N3O. The maximum absolute atomic E-state index is 5.03. The monoisotopic (exact) mass is 251 g/mol. The zero-order valence-corrected chi connectivity index (χ0v) is 11.6. The van der Waals surface area contributed by atoms with Crippen LogP contribution in [0.25, 0.3) is 0 Å². The molecule has 102 valence electrons. The first-order valence-corrected chi connectivity index (χ1v) is 6.98. The second kappa shape index (κ2) is 6.90. The average Bonchev–Trinajstić information content (AvgIpc) is 2.95. The molecule has 2 rings (SSSR count). The zero-order valence-electron chi connectivity index (χ0n) is 11.6. The number of nitrogens with zero attached hydrogens (tertiary/aromatic N) is 2. The molecule has 1 aromatic heterocycles. The number of ether oxygens (including phenoxy) is 1. The molecule has 0 spiro atoms. The Bertz CT molecular complexity index is 351.